The molecule has 1 aromatic rings. The average Bonchev–Trinajstić information content (AvgIpc) is 2.52. The van der Waals surface area contributed by atoms with Crippen LogP contribution in [0.4, 0.5) is 10.1 Å². The quantitative estimate of drug-likeness (QED) is 0.851. The van der Waals surface area contributed by atoms with E-state index in [1.54, 1.807) is 12.1 Å². The molecule has 1 N–H and O–H groups in total. The van der Waals surface area contributed by atoms with E-state index in [-0.39, 0.29) is 23.2 Å². The monoisotopic (exact) mass is 306 g/mol. The Morgan fingerprint density at radius 1 is 1.41 bits per heavy atom. The van der Waals surface area contributed by atoms with Crippen molar-refractivity contribution in [2.24, 2.45) is 5.92 Å². The van der Waals surface area contributed by atoms with E-state index in [9.17, 15) is 14.0 Å². The van der Waals surface area contributed by atoms with E-state index in [4.69, 9.17) is 0 Å². The van der Waals surface area contributed by atoms with Crippen molar-refractivity contribution in [3.63, 3.8) is 0 Å². The maximum Gasteiger partial charge on any atom is 0.224 e. The fourth-order valence-electron chi connectivity index (χ4n) is 2.93. The van der Waals surface area contributed by atoms with Crippen LogP contribution in [0.2, 0.25) is 0 Å². The second-order valence-electron chi connectivity index (χ2n) is 5.77. The number of rotatable bonds is 5. The number of ketones is 1. The van der Waals surface area contributed by atoms with Crippen LogP contribution in [0.3, 0.4) is 0 Å². The number of nitrogens with one attached hydrogen (secondary N) is 1. The summed E-state index contributed by atoms with van der Waals surface area (Å²) in [7, 11) is 0. The number of benzene rings is 1. The Bertz CT molecular complexity index is 560. The molecule has 2 rings (SSSR count). The van der Waals surface area contributed by atoms with Gasteiger partial charge < -0.3 is 10.2 Å². The molecule has 1 atom stereocenters. The van der Waals surface area contributed by atoms with E-state index in [0.717, 1.165) is 25.8 Å². The largest absolute Gasteiger partial charge is 0.370 e. The summed E-state index contributed by atoms with van der Waals surface area (Å²) in [6.07, 6.45) is 2.59. The Kier molecular flexibility index (Phi) is 5.52. The predicted octanol–water partition coefficient (Wildman–Crippen LogP) is 2.77. The third-order valence-corrected chi connectivity index (χ3v) is 4.03. The van der Waals surface area contributed by atoms with Crippen molar-refractivity contribution < 1.29 is 14.0 Å². The third-order valence-electron chi connectivity index (χ3n) is 4.03. The molecule has 0 saturated carbocycles. The Hall–Kier alpha value is -1.91. The summed E-state index contributed by atoms with van der Waals surface area (Å²) in [5, 5.41) is 2.92. The van der Waals surface area contributed by atoms with Crippen molar-refractivity contribution >= 4 is 17.4 Å². The zero-order chi connectivity index (χ0) is 16.1. The molecule has 1 saturated heterocycles. The molecule has 0 aromatic heterocycles. The lowest BCUT2D eigenvalue weighted by molar-refractivity contribution is -0.125. The second kappa shape index (κ2) is 7.38. The van der Waals surface area contributed by atoms with Gasteiger partial charge >= 0.3 is 0 Å². The molecule has 22 heavy (non-hydrogen) atoms. The fraction of sp³-hybridized carbons (Fsp3) is 0.529. The van der Waals surface area contributed by atoms with Crippen molar-refractivity contribution in [1.82, 2.24) is 5.32 Å². The molecule has 4 nitrogen and oxygen atoms in total. The first-order valence-corrected chi connectivity index (χ1v) is 7.86. The SMILES string of the molecule is CCCNC(=O)C1CCCN(c2cccc(F)c2C(C)=O)C1. The van der Waals surface area contributed by atoms with Crippen LogP contribution < -0.4 is 10.2 Å². The van der Waals surface area contributed by atoms with Gasteiger partial charge in [0.25, 0.3) is 0 Å². The van der Waals surface area contributed by atoms with Gasteiger partial charge in [-0.3, -0.25) is 9.59 Å². The van der Waals surface area contributed by atoms with Crippen LogP contribution in [0.15, 0.2) is 18.2 Å². The van der Waals surface area contributed by atoms with E-state index in [2.05, 4.69) is 5.32 Å². The molecule has 5 heteroatoms. The highest BCUT2D eigenvalue weighted by Gasteiger charge is 2.28. The summed E-state index contributed by atoms with van der Waals surface area (Å²) in [5.74, 6) is -0.844. The van der Waals surface area contributed by atoms with Crippen molar-refractivity contribution in [2.75, 3.05) is 24.5 Å². The molecule has 120 valence electrons. The van der Waals surface area contributed by atoms with Gasteiger partial charge in [-0.1, -0.05) is 13.0 Å². The smallest absolute Gasteiger partial charge is 0.224 e. The number of halogens is 1. The number of anilines is 1. The maximum atomic E-state index is 14.0. The molecule has 0 bridgehead atoms. The summed E-state index contributed by atoms with van der Waals surface area (Å²) in [6, 6.07) is 4.67. The summed E-state index contributed by atoms with van der Waals surface area (Å²) < 4.78 is 14.0. The van der Waals surface area contributed by atoms with Crippen LogP contribution >= 0.6 is 0 Å². The molecule has 0 aliphatic carbocycles. The molecule has 1 aromatic carbocycles. The predicted molar refractivity (Wildman–Crippen MR) is 84.6 cm³/mol. The number of hydrogen-bond acceptors (Lipinski definition) is 3. The highest BCUT2D eigenvalue weighted by Crippen LogP contribution is 2.28. The first kappa shape index (κ1) is 16.5. The minimum atomic E-state index is -0.498. The maximum absolute atomic E-state index is 14.0. The first-order valence-electron chi connectivity index (χ1n) is 7.86. The van der Waals surface area contributed by atoms with Crippen LogP contribution in [0.25, 0.3) is 0 Å². The Balaban J connectivity index is 2.18. The van der Waals surface area contributed by atoms with E-state index in [0.29, 0.717) is 18.8 Å². The van der Waals surface area contributed by atoms with E-state index in [1.165, 1.54) is 13.0 Å². The molecular weight excluding hydrogens is 283 g/mol. The van der Waals surface area contributed by atoms with Crippen molar-refractivity contribution in [3.05, 3.63) is 29.6 Å². The summed E-state index contributed by atoms with van der Waals surface area (Å²) >= 11 is 0. The zero-order valence-electron chi connectivity index (χ0n) is 13.2. The van der Waals surface area contributed by atoms with Gasteiger partial charge in [0.1, 0.15) is 5.82 Å². The topological polar surface area (TPSA) is 49.4 Å². The van der Waals surface area contributed by atoms with E-state index >= 15 is 0 Å². The van der Waals surface area contributed by atoms with Crippen molar-refractivity contribution in [3.8, 4) is 0 Å². The lowest BCUT2D eigenvalue weighted by Crippen LogP contribution is -2.43. The Labute approximate surface area is 130 Å². The van der Waals surface area contributed by atoms with Crippen LogP contribution in [0, 0.1) is 11.7 Å². The standard InChI is InChI=1S/C17H23FN2O2/c1-3-9-19-17(22)13-6-5-10-20(11-13)15-8-4-7-14(18)16(15)12(2)21/h4,7-8,13H,3,5-6,9-11H2,1-2H3,(H,19,22). The van der Waals surface area contributed by atoms with Crippen molar-refractivity contribution in [2.45, 2.75) is 33.1 Å². The third kappa shape index (κ3) is 3.64. The molecule has 0 spiro atoms. The Morgan fingerprint density at radius 3 is 2.86 bits per heavy atom. The Morgan fingerprint density at radius 2 is 2.18 bits per heavy atom. The number of carbonyl (C=O) groups is 2. The first-order chi connectivity index (χ1) is 10.5. The van der Waals surface area contributed by atoms with Crippen LogP contribution in [-0.2, 0) is 4.79 Å². The molecule has 1 unspecified atom stereocenters. The van der Waals surface area contributed by atoms with Crippen molar-refractivity contribution in [1.29, 1.82) is 0 Å². The molecule has 1 amide bonds. The summed E-state index contributed by atoms with van der Waals surface area (Å²) in [5.41, 5.74) is 0.720. The van der Waals surface area contributed by atoms with Crippen LogP contribution in [0.5, 0.6) is 0 Å². The number of carbonyl (C=O) groups excluding carboxylic acids is 2. The molecule has 1 aliphatic rings. The van der Waals surface area contributed by atoms with Gasteiger partial charge in [0.15, 0.2) is 5.78 Å². The van der Waals surface area contributed by atoms with Crippen LogP contribution in [-0.4, -0.2) is 31.3 Å². The van der Waals surface area contributed by atoms with Gasteiger partial charge in [0.05, 0.1) is 17.2 Å². The lowest BCUT2D eigenvalue weighted by Gasteiger charge is -2.34. The van der Waals surface area contributed by atoms with E-state index in [1.807, 2.05) is 11.8 Å². The second-order valence-corrected chi connectivity index (χ2v) is 5.77. The van der Waals surface area contributed by atoms with E-state index < -0.39 is 5.82 Å². The summed E-state index contributed by atoms with van der Waals surface area (Å²) in [6.45, 7) is 5.32. The normalized spacial score (nSPS) is 18.1. The number of nitrogens with zero attached hydrogens (tertiary/aromatic N) is 1. The molecule has 0 radical (unpaired) electrons. The average molecular weight is 306 g/mol. The zero-order valence-corrected chi connectivity index (χ0v) is 13.2. The van der Waals surface area contributed by atoms with Gasteiger partial charge in [0.2, 0.25) is 5.91 Å². The lowest BCUT2D eigenvalue weighted by atomic mass is 9.95. The minimum absolute atomic E-state index is 0.0485. The van der Waals surface area contributed by atoms with Gasteiger partial charge in [-0.25, -0.2) is 4.39 Å². The molecule has 1 aliphatic heterocycles. The molecule has 1 heterocycles. The molecular formula is C17H23FN2O2. The van der Waals surface area contributed by atoms with Gasteiger partial charge in [-0.15, -0.1) is 0 Å². The fourth-order valence-corrected chi connectivity index (χ4v) is 2.93. The highest BCUT2D eigenvalue weighted by atomic mass is 19.1. The van der Waals surface area contributed by atoms with Gasteiger partial charge in [-0.05, 0) is 38.3 Å². The number of amides is 1. The van der Waals surface area contributed by atoms with Crippen LogP contribution in [0.1, 0.15) is 43.5 Å². The highest BCUT2D eigenvalue weighted by molar-refractivity contribution is 6.00. The molecule has 1 fully saturated rings. The number of Topliss-reactive ketones (excluding diaryl/α,β-unsaturated/α-hetero) is 1. The van der Waals surface area contributed by atoms with Gasteiger partial charge in [-0.2, -0.15) is 0 Å². The number of hydrogen-bond donors (Lipinski definition) is 1. The van der Waals surface area contributed by atoms with Gasteiger partial charge in [0, 0.05) is 19.6 Å². The number of piperidine rings is 1. The minimum Gasteiger partial charge on any atom is -0.370 e. The summed E-state index contributed by atoms with van der Waals surface area (Å²) in [4.78, 5) is 25.8.